The Kier molecular flexibility index (Phi) is 6.65. The maximum atomic E-state index is 6.22. The summed E-state index contributed by atoms with van der Waals surface area (Å²) in [6.45, 7) is 0. The number of aromatic nitrogens is 3. The lowest BCUT2D eigenvalue weighted by atomic mass is 9.89. The Hall–Kier alpha value is -6.91. The van der Waals surface area contributed by atoms with Crippen LogP contribution in [0.3, 0.4) is 0 Å². The lowest BCUT2D eigenvalue weighted by Crippen LogP contribution is -2.22. The van der Waals surface area contributed by atoms with E-state index in [2.05, 4.69) is 140 Å². The maximum Gasteiger partial charge on any atom is 0.164 e. The van der Waals surface area contributed by atoms with Crippen LogP contribution in [0.25, 0.3) is 112 Å². The summed E-state index contributed by atoms with van der Waals surface area (Å²) in [6, 6.07) is 53.8. The fourth-order valence-electron chi connectivity index (χ4n) is 8.16. The number of fused-ring (bicyclic) bond motifs is 9. The van der Waals surface area contributed by atoms with E-state index in [0.717, 1.165) is 73.0 Å². The minimum atomic E-state index is 0.625. The van der Waals surface area contributed by atoms with E-state index >= 15 is 0 Å². The van der Waals surface area contributed by atoms with E-state index in [4.69, 9.17) is 19.4 Å². The number of hydrogen-bond donors (Lipinski definition) is 0. The summed E-state index contributed by atoms with van der Waals surface area (Å²) < 4.78 is 6.22. The first kappa shape index (κ1) is 29.8. The number of rotatable bonds is 4. The van der Waals surface area contributed by atoms with Crippen LogP contribution in [0, 0.1) is 0 Å². The molecular weight excluding hydrogens is 647 g/mol. The molecule has 0 fully saturated rings. The molecule has 4 nitrogen and oxygen atoms in total. The van der Waals surface area contributed by atoms with Crippen LogP contribution in [0.15, 0.2) is 156 Å². The summed E-state index contributed by atoms with van der Waals surface area (Å²) in [7, 11) is 0. The van der Waals surface area contributed by atoms with Gasteiger partial charge in [-0.2, -0.15) is 0 Å². The minimum absolute atomic E-state index is 0.625. The normalized spacial score (nSPS) is 12.7. The zero-order valence-corrected chi connectivity index (χ0v) is 28.8. The Morgan fingerprint density at radius 3 is 1.89 bits per heavy atom. The molecule has 0 saturated carbocycles. The lowest BCUT2D eigenvalue weighted by molar-refractivity contribution is 0.572. The lowest BCUT2D eigenvalue weighted by Gasteiger charge is -2.16. The summed E-state index contributed by atoms with van der Waals surface area (Å²) in [6.07, 6.45) is 6.46. The molecular formula is C49H31N3O. The van der Waals surface area contributed by atoms with E-state index in [-0.39, 0.29) is 0 Å². The summed E-state index contributed by atoms with van der Waals surface area (Å²) in [5.41, 5.74) is 6.86. The van der Waals surface area contributed by atoms with Crippen molar-refractivity contribution in [3.05, 3.63) is 162 Å². The zero-order valence-electron chi connectivity index (χ0n) is 28.8. The van der Waals surface area contributed by atoms with Crippen molar-refractivity contribution in [2.24, 2.45) is 0 Å². The molecule has 4 heteroatoms. The summed E-state index contributed by atoms with van der Waals surface area (Å²) in [5.74, 6) is 1.89. The van der Waals surface area contributed by atoms with Gasteiger partial charge in [0.2, 0.25) is 0 Å². The molecule has 1 aliphatic carbocycles. The fraction of sp³-hybridized carbons (Fsp3) is 0.0408. The smallest absolute Gasteiger partial charge is 0.164 e. The van der Waals surface area contributed by atoms with Crippen LogP contribution < -0.4 is 10.6 Å². The summed E-state index contributed by atoms with van der Waals surface area (Å²) in [5, 5.41) is 11.9. The molecule has 11 rings (SSSR count). The molecule has 0 atom stereocenters. The second kappa shape index (κ2) is 11.8. The summed E-state index contributed by atoms with van der Waals surface area (Å²) in [4.78, 5) is 15.6. The number of nitrogens with zero attached hydrogens (tertiary/aromatic N) is 3. The van der Waals surface area contributed by atoms with Crippen molar-refractivity contribution in [3.8, 4) is 45.3 Å². The van der Waals surface area contributed by atoms with Crippen molar-refractivity contribution in [2.45, 2.75) is 12.8 Å². The molecule has 0 N–H and O–H groups in total. The molecule has 1 aliphatic rings. The maximum absolute atomic E-state index is 6.22. The zero-order chi connectivity index (χ0) is 34.9. The van der Waals surface area contributed by atoms with E-state index in [0.29, 0.717) is 17.5 Å². The topological polar surface area (TPSA) is 51.8 Å². The molecule has 0 unspecified atom stereocenters. The third-order valence-corrected chi connectivity index (χ3v) is 10.7. The van der Waals surface area contributed by atoms with Gasteiger partial charge in [0, 0.05) is 27.3 Å². The van der Waals surface area contributed by atoms with E-state index < -0.39 is 0 Å². The van der Waals surface area contributed by atoms with Crippen molar-refractivity contribution < 1.29 is 4.42 Å². The van der Waals surface area contributed by atoms with Gasteiger partial charge in [-0.05, 0) is 103 Å². The van der Waals surface area contributed by atoms with Crippen LogP contribution in [0.4, 0.5) is 0 Å². The predicted molar refractivity (Wildman–Crippen MR) is 219 cm³/mol. The largest absolute Gasteiger partial charge is 0.456 e. The van der Waals surface area contributed by atoms with Gasteiger partial charge in [-0.15, -0.1) is 0 Å². The Labute approximate surface area is 305 Å². The highest BCUT2D eigenvalue weighted by atomic mass is 16.3. The Morgan fingerprint density at radius 2 is 1.02 bits per heavy atom. The van der Waals surface area contributed by atoms with Crippen molar-refractivity contribution in [1.82, 2.24) is 15.0 Å². The highest BCUT2D eigenvalue weighted by Gasteiger charge is 2.19. The van der Waals surface area contributed by atoms with Crippen molar-refractivity contribution in [2.75, 3.05) is 0 Å². The van der Waals surface area contributed by atoms with Gasteiger partial charge in [-0.25, -0.2) is 15.0 Å². The van der Waals surface area contributed by atoms with Gasteiger partial charge in [0.1, 0.15) is 11.0 Å². The van der Waals surface area contributed by atoms with Crippen LogP contribution in [0.1, 0.15) is 12.8 Å². The number of furan rings is 1. The molecule has 0 radical (unpaired) electrons. The molecule has 10 aromatic rings. The van der Waals surface area contributed by atoms with Gasteiger partial charge in [-0.1, -0.05) is 127 Å². The van der Waals surface area contributed by atoms with Gasteiger partial charge in [-0.3, -0.25) is 0 Å². The first-order chi connectivity index (χ1) is 26.2. The van der Waals surface area contributed by atoms with Gasteiger partial charge < -0.3 is 4.42 Å². The van der Waals surface area contributed by atoms with Gasteiger partial charge >= 0.3 is 0 Å². The molecule has 53 heavy (non-hydrogen) atoms. The summed E-state index contributed by atoms with van der Waals surface area (Å²) >= 11 is 0. The molecule has 0 amide bonds. The molecule has 0 bridgehead atoms. The monoisotopic (exact) mass is 677 g/mol. The van der Waals surface area contributed by atoms with Crippen molar-refractivity contribution in [3.63, 3.8) is 0 Å². The molecule has 0 spiro atoms. The first-order valence-corrected chi connectivity index (χ1v) is 18.2. The van der Waals surface area contributed by atoms with Crippen LogP contribution in [-0.2, 0) is 0 Å². The molecule has 2 heterocycles. The number of hydrogen-bond acceptors (Lipinski definition) is 4. The molecule has 248 valence electrons. The van der Waals surface area contributed by atoms with E-state index in [9.17, 15) is 0 Å². The minimum Gasteiger partial charge on any atom is -0.456 e. The second-order valence-corrected chi connectivity index (χ2v) is 13.8. The second-order valence-electron chi connectivity index (χ2n) is 13.8. The van der Waals surface area contributed by atoms with Crippen LogP contribution in [0.5, 0.6) is 0 Å². The van der Waals surface area contributed by atoms with E-state index in [1.165, 1.54) is 32.3 Å². The van der Waals surface area contributed by atoms with Crippen molar-refractivity contribution in [1.29, 1.82) is 0 Å². The molecule has 8 aromatic carbocycles. The van der Waals surface area contributed by atoms with Crippen LogP contribution >= 0.6 is 0 Å². The fourth-order valence-corrected chi connectivity index (χ4v) is 8.16. The number of benzene rings is 8. The highest BCUT2D eigenvalue weighted by molar-refractivity contribution is 6.20. The SMILES string of the molecule is C1=c2oc3ccc(-c4nc(-c5ccccc5)nc(-c5cc6ccccc6cc5-c5cccc6c5ccc5c7ccccc7ccc65)n4)cc3c2=CCC1. The predicted octanol–water partition coefficient (Wildman–Crippen LogP) is 11.3. The van der Waals surface area contributed by atoms with E-state index in [1.807, 2.05) is 24.3 Å². The molecule has 0 saturated heterocycles. The Balaban J connectivity index is 1.18. The third kappa shape index (κ3) is 4.87. The first-order valence-electron chi connectivity index (χ1n) is 18.2. The van der Waals surface area contributed by atoms with E-state index in [1.54, 1.807) is 0 Å². The van der Waals surface area contributed by atoms with Gasteiger partial charge in [0.15, 0.2) is 17.5 Å². The van der Waals surface area contributed by atoms with Gasteiger partial charge in [0.25, 0.3) is 0 Å². The standard InChI is InChI=1S/C49H31N3O/c1-2-12-31(13-3-1)47-50-48(34-22-26-46-43(29-34)41-17-8-9-20-45(41)53-46)52-49(51-47)44-28-33-15-5-4-14-32(33)27-42(44)37-19-10-18-36-39-23-21-30-11-6-7-16-35(30)38(39)24-25-40(36)37/h1-7,10-29H,8-9H2. The third-order valence-electron chi connectivity index (χ3n) is 10.7. The average molecular weight is 678 g/mol. The Bertz CT molecular complexity index is 3230. The quantitative estimate of drug-likeness (QED) is 0.174. The van der Waals surface area contributed by atoms with Gasteiger partial charge in [0.05, 0.1) is 0 Å². The molecule has 2 aromatic heterocycles. The average Bonchev–Trinajstić information content (AvgIpc) is 3.61. The highest BCUT2D eigenvalue weighted by Crippen LogP contribution is 2.41. The van der Waals surface area contributed by atoms with Crippen LogP contribution in [0.2, 0.25) is 0 Å². The Morgan fingerprint density at radius 1 is 0.377 bits per heavy atom. The van der Waals surface area contributed by atoms with Crippen LogP contribution in [-0.4, -0.2) is 15.0 Å². The molecule has 0 aliphatic heterocycles. The van der Waals surface area contributed by atoms with Crippen molar-refractivity contribution >= 4 is 66.2 Å².